The normalized spacial score (nSPS) is 14.5. The van der Waals surface area contributed by atoms with Gasteiger partial charge >= 0.3 is 0 Å². The molecule has 6 nitrogen and oxygen atoms in total. The van der Waals surface area contributed by atoms with Gasteiger partial charge in [0.1, 0.15) is 18.2 Å². The molecule has 0 unspecified atom stereocenters. The molecular weight excluding hydrogens is 438 g/mol. The zero-order valence-corrected chi connectivity index (χ0v) is 20.2. The van der Waals surface area contributed by atoms with Gasteiger partial charge < -0.3 is 19.7 Å². The van der Waals surface area contributed by atoms with Gasteiger partial charge in [0.25, 0.3) is 6.43 Å². The first-order chi connectivity index (χ1) is 16.3. The van der Waals surface area contributed by atoms with Crippen LogP contribution in [0.1, 0.15) is 48.3 Å². The molecule has 2 heterocycles. The van der Waals surface area contributed by atoms with Gasteiger partial charge in [-0.2, -0.15) is 0 Å². The Bertz CT molecular complexity index is 1230. The molecule has 4 rings (SSSR count). The predicted octanol–water partition coefficient (Wildman–Crippen LogP) is 5.96. The summed E-state index contributed by atoms with van der Waals surface area (Å²) >= 11 is 0. The summed E-state index contributed by atoms with van der Waals surface area (Å²) in [4.78, 5) is 11.4. The summed E-state index contributed by atoms with van der Waals surface area (Å²) in [5, 5.41) is 4.17. The van der Waals surface area contributed by atoms with Gasteiger partial charge in [-0.05, 0) is 44.4 Å². The monoisotopic (exact) mass is 468 g/mol. The van der Waals surface area contributed by atoms with Gasteiger partial charge in [0.15, 0.2) is 11.5 Å². The molecule has 0 radical (unpaired) electrons. The maximum absolute atomic E-state index is 13.4. The van der Waals surface area contributed by atoms with Gasteiger partial charge in [0.2, 0.25) is 0 Å². The van der Waals surface area contributed by atoms with Crippen LogP contribution in [0.5, 0.6) is 11.5 Å². The molecule has 3 aromatic rings. The number of methoxy groups -OCH3 is 1. The molecule has 0 saturated carbocycles. The Morgan fingerprint density at radius 3 is 2.56 bits per heavy atom. The zero-order chi connectivity index (χ0) is 24.4. The van der Waals surface area contributed by atoms with E-state index in [1.165, 1.54) is 6.07 Å². The first-order valence-corrected chi connectivity index (χ1v) is 11.3. The van der Waals surface area contributed by atoms with Crippen LogP contribution in [0.4, 0.5) is 14.6 Å². The van der Waals surface area contributed by atoms with E-state index in [9.17, 15) is 8.78 Å². The molecule has 1 aliphatic rings. The molecule has 1 atom stereocenters. The summed E-state index contributed by atoms with van der Waals surface area (Å²) in [7, 11) is 3.65. The number of anilines is 1. The Hall–Kier alpha value is -3.42. The van der Waals surface area contributed by atoms with E-state index < -0.39 is 6.43 Å². The summed E-state index contributed by atoms with van der Waals surface area (Å²) in [5.74, 6) is 2.39. The van der Waals surface area contributed by atoms with Crippen LogP contribution in [-0.4, -0.2) is 42.2 Å². The standard InChI is InChI=1S/C26H30F2N4O2/c1-15-19(9-6-10-20(15)25(27)28)16(2)29-26-21-12-24(34-14-18-8-7-11-32(18)4)23(33-5)13-22(21)30-17(3)31-26/h6,8-10,12-13,16,25H,7,11,14H2,1-5H3,(H,29,30,31)/t16-/m1/s1. The fourth-order valence-electron chi connectivity index (χ4n) is 4.34. The van der Waals surface area contributed by atoms with Crippen molar-refractivity contribution in [3.8, 4) is 11.5 Å². The lowest BCUT2D eigenvalue weighted by Gasteiger charge is -2.21. The first-order valence-electron chi connectivity index (χ1n) is 11.3. The van der Waals surface area contributed by atoms with Gasteiger partial charge in [-0.1, -0.05) is 24.3 Å². The number of benzene rings is 2. The molecule has 0 fully saturated rings. The molecule has 180 valence electrons. The Labute approximate surface area is 198 Å². The topological polar surface area (TPSA) is 59.5 Å². The highest BCUT2D eigenvalue weighted by Crippen LogP contribution is 2.36. The van der Waals surface area contributed by atoms with Crippen molar-refractivity contribution in [2.24, 2.45) is 0 Å². The maximum Gasteiger partial charge on any atom is 0.264 e. The highest BCUT2D eigenvalue weighted by atomic mass is 19.3. The SMILES string of the molecule is COc1cc2nc(C)nc(N[C@H](C)c3cccc(C(F)F)c3C)c2cc1OCC1=CCCN1C. The van der Waals surface area contributed by atoms with Gasteiger partial charge in [-0.15, -0.1) is 0 Å². The van der Waals surface area contributed by atoms with Crippen LogP contribution in [0.2, 0.25) is 0 Å². The number of hydrogen-bond acceptors (Lipinski definition) is 6. The number of aryl methyl sites for hydroxylation is 1. The molecule has 1 aromatic heterocycles. The fraction of sp³-hybridized carbons (Fsp3) is 0.385. The third-order valence-electron chi connectivity index (χ3n) is 6.28. The van der Waals surface area contributed by atoms with Gasteiger partial charge in [0.05, 0.1) is 18.7 Å². The lowest BCUT2D eigenvalue weighted by atomic mass is 9.97. The Kier molecular flexibility index (Phi) is 6.86. The number of ether oxygens (including phenoxy) is 2. The third-order valence-corrected chi connectivity index (χ3v) is 6.28. The molecule has 0 spiro atoms. The lowest BCUT2D eigenvalue weighted by molar-refractivity contribution is 0.150. The molecule has 1 N–H and O–H groups in total. The number of rotatable bonds is 8. The zero-order valence-electron chi connectivity index (χ0n) is 20.2. The molecule has 1 aliphatic heterocycles. The third kappa shape index (κ3) is 4.76. The number of hydrogen-bond donors (Lipinski definition) is 1. The predicted molar refractivity (Wildman–Crippen MR) is 130 cm³/mol. The largest absolute Gasteiger partial charge is 0.493 e. The van der Waals surface area contributed by atoms with Crippen LogP contribution in [-0.2, 0) is 0 Å². The number of likely N-dealkylation sites (N-methyl/N-ethyl adjacent to an activating group) is 1. The molecule has 8 heteroatoms. The second-order valence-electron chi connectivity index (χ2n) is 8.56. The minimum absolute atomic E-state index is 0.0430. The van der Waals surface area contributed by atoms with Crippen LogP contribution >= 0.6 is 0 Å². The van der Waals surface area contributed by atoms with E-state index in [2.05, 4.69) is 26.3 Å². The summed E-state index contributed by atoms with van der Waals surface area (Å²) in [6, 6.07) is 8.45. The van der Waals surface area contributed by atoms with Crippen LogP contribution < -0.4 is 14.8 Å². The van der Waals surface area contributed by atoms with Gasteiger partial charge in [-0.25, -0.2) is 18.7 Å². The van der Waals surface area contributed by atoms with Crippen molar-refractivity contribution in [3.63, 3.8) is 0 Å². The van der Waals surface area contributed by atoms with Crippen molar-refractivity contribution >= 4 is 16.7 Å². The van der Waals surface area contributed by atoms with Crippen molar-refractivity contribution in [2.75, 3.05) is 32.6 Å². The Morgan fingerprint density at radius 1 is 1.12 bits per heavy atom. The highest BCUT2D eigenvalue weighted by molar-refractivity contribution is 5.92. The smallest absolute Gasteiger partial charge is 0.264 e. The molecular formula is C26H30F2N4O2. The van der Waals surface area contributed by atoms with Crippen molar-refractivity contribution < 1.29 is 18.3 Å². The van der Waals surface area contributed by atoms with Crippen molar-refractivity contribution in [1.82, 2.24) is 14.9 Å². The van der Waals surface area contributed by atoms with Crippen LogP contribution in [0.3, 0.4) is 0 Å². The van der Waals surface area contributed by atoms with Crippen molar-refractivity contribution in [1.29, 1.82) is 0 Å². The molecule has 0 bridgehead atoms. The number of fused-ring (bicyclic) bond motifs is 1. The number of nitrogens with one attached hydrogen (secondary N) is 1. The van der Waals surface area contributed by atoms with Crippen LogP contribution in [0, 0.1) is 13.8 Å². The van der Waals surface area contributed by atoms with E-state index in [1.54, 1.807) is 20.1 Å². The lowest BCUT2D eigenvalue weighted by Crippen LogP contribution is -2.18. The number of halogens is 2. The van der Waals surface area contributed by atoms with E-state index in [4.69, 9.17) is 9.47 Å². The second kappa shape index (κ2) is 9.83. The van der Waals surface area contributed by atoms with E-state index in [0.29, 0.717) is 40.8 Å². The number of alkyl halides is 2. The molecule has 0 saturated heterocycles. The number of nitrogens with zero attached hydrogens (tertiary/aromatic N) is 3. The van der Waals surface area contributed by atoms with E-state index in [0.717, 1.165) is 29.6 Å². The maximum atomic E-state index is 13.4. The van der Waals surface area contributed by atoms with Gasteiger partial charge in [0, 0.05) is 36.3 Å². The van der Waals surface area contributed by atoms with E-state index in [1.807, 2.05) is 39.1 Å². The van der Waals surface area contributed by atoms with Crippen molar-refractivity contribution in [2.45, 2.75) is 39.7 Å². The Morgan fingerprint density at radius 2 is 1.88 bits per heavy atom. The fourth-order valence-corrected chi connectivity index (χ4v) is 4.34. The van der Waals surface area contributed by atoms with E-state index in [-0.39, 0.29) is 11.6 Å². The average Bonchev–Trinajstić information content (AvgIpc) is 3.21. The van der Waals surface area contributed by atoms with Crippen LogP contribution in [0.15, 0.2) is 42.1 Å². The van der Waals surface area contributed by atoms with Crippen LogP contribution in [0.25, 0.3) is 10.9 Å². The Balaban J connectivity index is 1.69. The highest BCUT2D eigenvalue weighted by Gasteiger charge is 2.19. The van der Waals surface area contributed by atoms with E-state index >= 15 is 0 Å². The minimum atomic E-state index is -2.52. The molecule has 0 amide bonds. The summed E-state index contributed by atoms with van der Waals surface area (Å²) in [6.45, 7) is 6.90. The second-order valence-corrected chi connectivity index (χ2v) is 8.56. The minimum Gasteiger partial charge on any atom is -0.493 e. The summed E-state index contributed by atoms with van der Waals surface area (Å²) < 4.78 is 38.5. The summed E-state index contributed by atoms with van der Waals surface area (Å²) in [5.41, 5.74) is 3.25. The molecule has 34 heavy (non-hydrogen) atoms. The van der Waals surface area contributed by atoms with Crippen molar-refractivity contribution in [3.05, 3.63) is 64.6 Å². The van der Waals surface area contributed by atoms with Gasteiger partial charge in [-0.3, -0.25) is 0 Å². The average molecular weight is 469 g/mol. The number of aromatic nitrogens is 2. The summed E-state index contributed by atoms with van der Waals surface area (Å²) in [6.07, 6.45) is 0.662. The quantitative estimate of drug-likeness (QED) is 0.440. The first kappa shape index (κ1) is 23.7. The molecule has 0 aliphatic carbocycles. The molecule has 2 aromatic carbocycles.